The number of hydrogen-bond acceptors (Lipinski definition) is 4. The lowest BCUT2D eigenvalue weighted by Gasteiger charge is -2.16. The highest BCUT2D eigenvalue weighted by Crippen LogP contribution is 2.40. The van der Waals surface area contributed by atoms with Crippen molar-refractivity contribution in [1.82, 2.24) is 0 Å². The Morgan fingerprint density at radius 3 is 1.60 bits per heavy atom. The summed E-state index contributed by atoms with van der Waals surface area (Å²) >= 11 is 0. The lowest BCUT2D eigenvalue weighted by molar-refractivity contribution is 0.0675. The van der Waals surface area contributed by atoms with E-state index < -0.39 is 50.0 Å². The van der Waals surface area contributed by atoms with Crippen molar-refractivity contribution >= 4 is 10.1 Å². The predicted molar refractivity (Wildman–Crippen MR) is 45.7 cm³/mol. The van der Waals surface area contributed by atoms with Crippen molar-refractivity contribution in [3.05, 3.63) is 34.6 Å². The van der Waals surface area contributed by atoms with Gasteiger partial charge in [0, 0.05) is 0 Å². The van der Waals surface area contributed by atoms with Gasteiger partial charge in [0.2, 0.25) is 5.82 Å². The Kier molecular flexibility index (Phi) is 3.86. The molecule has 0 aliphatic heterocycles. The molecule has 0 unspecified atom stereocenters. The van der Waals surface area contributed by atoms with Crippen LogP contribution in [0.4, 0.5) is 30.7 Å². The third kappa shape index (κ3) is 2.13. The van der Waals surface area contributed by atoms with Gasteiger partial charge in [-0.05, 0) is 0 Å². The van der Waals surface area contributed by atoms with Crippen LogP contribution >= 0.6 is 0 Å². The van der Waals surface area contributed by atoms with Gasteiger partial charge < -0.3 is 0 Å². The molecule has 0 fully saturated rings. The zero-order valence-electron chi connectivity index (χ0n) is 8.73. The lowest BCUT2D eigenvalue weighted by atomic mass is 10.1. The first-order valence-corrected chi connectivity index (χ1v) is 5.61. The molecule has 0 saturated heterocycles. The summed E-state index contributed by atoms with van der Waals surface area (Å²) in [4.78, 5) is 0. The maximum absolute atomic E-state index is 13.3. The summed E-state index contributed by atoms with van der Waals surface area (Å²) in [6.45, 7) is 0. The normalized spacial score (nSPS) is 12.1. The van der Waals surface area contributed by atoms with Gasteiger partial charge in [-0.2, -0.15) is 17.2 Å². The quantitative estimate of drug-likeness (QED) is 0.281. The minimum absolute atomic E-state index is 0.289. The average Bonchev–Trinajstić information content (AvgIpc) is 2.33. The van der Waals surface area contributed by atoms with Gasteiger partial charge in [-0.3, -0.25) is 4.18 Å². The minimum Gasteiger partial charge on any atom is -0.298 e. The molecule has 0 aliphatic rings. The highest BCUT2D eigenvalue weighted by molar-refractivity contribution is 7.87. The standard InChI is InChI=1S/C8F7NO3S/c9-3-2(4(10)6(12)7(13)5(3)11)8(14,15)20(17,18)19-1-16. The summed E-state index contributed by atoms with van der Waals surface area (Å²) in [5, 5.41) is 2.15. The van der Waals surface area contributed by atoms with E-state index in [4.69, 9.17) is 5.26 Å². The van der Waals surface area contributed by atoms with Crippen molar-refractivity contribution in [2.45, 2.75) is 5.25 Å². The van der Waals surface area contributed by atoms with E-state index in [2.05, 4.69) is 4.18 Å². The van der Waals surface area contributed by atoms with Crippen LogP contribution in [-0.2, 0) is 19.6 Å². The van der Waals surface area contributed by atoms with Gasteiger partial charge in [0.15, 0.2) is 23.3 Å². The molecule has 0 N–H and O–H groups in total. The van der Waals surface area contributed by atoms with Crippen LogP contribution in [-0.4, -0.2) is 8.42 Å². The van der Waals surface area contributed by atoms with Crippen LogP contribution in [0.15, 0.2) is 0 Å². The van der Waals surface area contributed by atoms with Gasteiger partial charge in [-0.25, -0.2) is 22.0 Å². The monoisotopic (exact) mass is 323 g/mol. The van der Waals surface area contributed by atoms with Gasteiger partial charge in [0.05, 0.1) is 0 Å². The molecule has 0 bridgehead atoms. The van der Waals surface area contributed by atoms with Crippen molar-refractivity contribution in [2.24, 2.45) is 0 Å². The van der Waals surface area contributed by atoms with Crippen LogP contribution in [0.5, 0.6) is 0 Å². The first kappa shape index (κ1) is 16.0. The van der Waals surface area contributed by atoms with Crippen LogP contribution in [0.2, 0.25) is 0 Å². The number of rotatable bonds is 3. The van der Waals surface area contributed by atoms with Crippen molar-refractivity contribution in [3.8, 4) is 6.26 Å². The first-order valence-electron chi connectivity index (χ1n) is 4.20. The lowest BCUT2D eigenvalue weighted by Crippen LogP contribution is -2.31. The number of nitrogens with zero attached hydrogens (tertiary/aromatic N) is 1. The number of benzene rings is 1. The van der Waals surface area contributed by atoms with Crippen LogP contribution in [0, 0.1) is 40.6 Å². The van der Waals surface area contributed by atoms with Gasteiger partial charge in [-0.1, -0.05) is 0 Å². The molecule has 0 amide bonds. The number of halogens is 7. The zero-order valence-corrected chi connectivity index (χ0v) is 9.54. The molecule has 1 rings (SSSR count). The fourth-order valence-electron chi connectivity index (χ4n) is 1.09. The van der Waals surface area contributed by atoms with Crippen molar-refractivity contribution in [1.29, 1.82) is 5.26 Å². The summed E-state index contributed by atoms with van der Waals surface area (Å²) in [5.74, 6) is -14.4. The maximum Gasteiger partial charge on any atom is 0.412 e. The average molecular weight is 323 g/mol. The number of hydrogen-bond donors (Lipinski definition) is 0. The van der Waals surface area contributed by atoms with E-state index in [1.165, 1.54) is 0 Å². The molecule has 0 spiro atoms. The largest absolute Gasteiger partial charge is 0.412 e. The summed E-state index contributed by atoms with van der Waals surface area (Å²) in [5.41, 5.74) is -2.94. The second kappa shape index (κ2) is 4.82. The molecular formula is C8F7NO3S. The molecule has 0 atom stereocenters. The highest BCUT2D eigenvalue weighted by atomic mass is 32.2. The second-order valence-electron chi connectivity index (χ2n) is 3.09. The van der Waals surface area contributed by atoms with E-state index in [-0.39, 0.29) is 6.26 Å². The molecular weight excluding hydrogens is 323 g/mol. The molecule has 12 heteroatoms. The molecule has 4 nitrogen and oxygen atoms in total. The summed E-state index contributed by atoms with van der Waals surface area (Å²) in [6.07, 6.45) is 0.289. The van der Waals surface area contributed by atoms with Crippen molar-refractivity contribution in [3.63, 3.8) is 0 Å². The van der Waals surface area contributed by atoms with Crippen LogP contribution in [0.3, 0.4) is 0 Å². The Labute approximate surface area is 106 Å². The molecule has 1 aromatic rings. The number of alkyl halides is 2. The predicted octanol–water partition coefficient (Wildman–Crippen LogP) is 2.26. The van der Waals surface area contributed by atoms with E-state index in [0.29, 0.717) is 0 Å². The molecule has 0 aromatic heterocycles. The molecule has 0 aliphatic carbocycles. The van der Waals surface area contributed by atoms with Crippen LogP contribution in [0.25, 0.3) is 0 Å². The van der Waals surface area contributed by atoms with Crippen LogP contribution in [0.1, 0.15) is 5.56 Å². The molecule has 0 heterocycles. The molecule has 0 radical (unpaired) electrons. The number of nitriles is 1. The molecule has 20 heavy (non-hydrogen) atoms. The molecule has 110 valence electrons. The Morgan fingerprint density at radius 2 is 1.25 bits per heavy atom. The van der Waals surface area contributed by atoms with E-state index in [9.17, 15) is 39.2 Å². The Bertz CT molecular complexity index is 681. The van der Waals surface area contributed by atoms with E-state index in [1.807, 2.05) is 0 Å². The summed E-state index contributed by atoms with van der Waals surface area (Å²) in [6, 6.07) is 0. The van der Waals surface area contributed by atoms with Crippen molar-refractivity contribution < 1.29 is 43.3 Å². The fraction of sp³-hybridized carbons (Fsp3) is 0.125. The Hall–Kier alpha value is -2.03. The van der Waals surface area contributed by atoms with Crippen molar-refractivity contribution in [2.75, 3.05) is 0 Å². The Balaban J connectivity index is 3.77. The van der Waals surface area contributed by atoms with Gasteiger partial charge in [0.25, 0.3) is 0 Å². The fourth-order valence-corrected chi connectivity index (χ4v) is 1.72. The van der Waals surface area contributed by atoms with E-state index in [1.54, 1.807) is 0 Å². The minimum atomic E-state index is -6.28. The SMILES string of the molecule is N#COS(=O)(=O)C(F)(F)c1c(F)c(F)c(F)c(F)c1F. The maximum atomic E-state index is 13.3. The summed E-state index contributed by atoms with van der Waals surface area (Å²) in [7, 11) is -6.28. The zero-order chi connectivity index (χ0) is 15.9. The first-order chi connectivity index (χ1) is 8.99. The third-order valence-corrected chi connectivity index (χ3v) is 3.09. The topological polar surface area (TPSA) is 67.2 Å². The van der Waals surface area contributed by atoms with Gasteiger partial charge >= 0.3 is 21.6 Å². The van der Waals surface area contributed by atoms with Crippen LogP contribution < -0.4 is 0 Å². The highest BCUT2D eigenvalue weighted by Gasteiger charge is 2.55. The third-order valence-electron chi connectivity index (χ3n) is 1.96. The summed E-state index contributed by atoms with van der Waals surface area (Å²) < 4.78 is 115. The molecule has 0 saturated carbocycles. The van der Waals surface area contributed by atoms with Gasteiger partial charge in [0.1, 0.15) is 5.56 Å². The van der Waals surface area contributed by atoms with Gasteiger partial charge in [-0.15, -0.1) is 5.26 Å². The van der Waals surface area contributed by atoms with E-state index in [0.717, 1.165) is 0 Å². The smallest absolute Gasteiger partial charge is 0.298 e. The molecule has 1 aromatic carbocycles. The second-order valence-corrected chi connectivity index (χ2v) is 4.68. The van der Waals surface area contributed by atoms with E-state index >= 15 is 0 Å². The Morgan fingerprint density at radius 1 is 0.900 bits per heavy atom.